The van der Waals surface area contributed by atoms with Crippen LogP contribution in [0.5, 0.6) is 0 Å². The van der Waals surface area contributed by atoms with Crippen molar-refractivity contribution in [3.8, 4) is 0 Å². The number of aliphatic hydroxyl groups is 1. The zero-order valence-corrected chi connectivity index (χ0v) is 13.4. The van der Waals surface area contributed by atoms with Crippen LogP contribution in [0.1, 0.15) is 13.3 Å². The molecule has 0 fully saturated rings. The van der Waals surface area contributed by atoms with E-state index in [0.29, 0.717) is 0 Å². The molecule has 120 valence electrons. The van der Waals surface area contributed by atoms with Crippen LogP contribution >= 0.6 is 0 Å². The van der Waals surface area contributed by atoms with Crippen LogP contribution in [-0.2, 0) is 19.9 Å². The number of nitrogens with zero attached hydrogens (tertiary/aromatic N) is 1. The van der Waals surface area contributed by atoms with Crippen LogP contribution in [0.15, 0.2) is 28.0 Å². The molecule has 1 aromatic rings. The largest absolute Gasteiger partial charge is 0.396 e. The summed E-state index contributed by atoms with van der Waals surface area (Å²) in [6.07, 6.45) is 1.13. The normalized spacial score (nSPS) is 12.8. The minimum absolute atomic E-state index is 0.0257. The third-order valence-corrected chi connectivity index (χ3v) is 5.97. The molecule has 9 heteroatoms. The Morgan fingerprint density at radius 2 is 1.86 bits per heavy atom. The molecule has 0 unspecified atom stereocenters. The standard InChI is InChI=1S/C12H18FNO5S2/c1-3-14(7-4-8-15)21(18,19)12-9-10(20(2,16)17)5-6-11(12)13/h5-6,9,15H,3-4,7-8H2,1-2H3. The van der Waals surface area contributed by atoms with Crippen LogP contribution in [0.4, 0.5) is 4.39 Å². The minimum Gasteiger partial charge on any atom is -0.396 e. The Hall–Kier alpha value is -1.03. The molecule has 0 radical (unpaired) electrons. The second-order valence-electron chi connectivity index (χ2n) is 4.44. The van der Waals surface area contributed by atoms with Crippen molar-refractivity contribution in [1.82, 2.24) is 4.31 Å². The summed E-state index contributed by atoms with van der Waals surface area (Å²) in [5.41, 5.74) is 0. The number of hydrogen-bond acceptors (Lipinski definition) is 5. The summed E-state index contributed by atoms with van der Waals surface area (Å²) < 4.78 is 62.5. The van der Waals surface area contributed by atoms with Gasteiger partial charge in [0.1, 0.15) is 10.7 Å². The van der Waals surface area contributed by atoms with Crippen LogP contribution in [0.3, 0.4) is 0 Å². The molecule has 0 atom stereocenters. The quantitative estimate of drug-likeness (QED) is 0.735. The first-order chi connectivity index (χ1) is 9.64. The number of halogens is 1. The smallest absolute Gasteiger partial charge is 0.246 e. The molecular weight excluding hydrogens is 321 g/mol. The number of rotatable bonds is 7. The van der Waals surface area contributed by atoms with E-state index in [1.54, 1.807) is 6.92 Å². The molecule has 0 amide bonds. The molecule has 1 N–H and O–H groups in total. The van der Waals surface area contributed by atoms with E-state index in [0.717, 1.165) is 28.8 Å². The number of hydrogen-bond donors (Lipinski definition) is 1. The molecule has 1 rings (SSSR count). The lowest BCUT2D eigenvalue weighted by Gasteiger charge is -2.20. The van der Waals surface area contributed by atoms with E-state index in [1.165, 1.54) is 0 Å². The molecule has 21 heavy (non-hydrogen) atoms. The summed E-state index contributed by atoms with van der Waals surface area (Å²) in [7, 11) is -7.80. The molecular formula is C12H18FNO5S2. The van der Waals surface area contributed by atoms with Gasteiger partial charge in [0.2, 0.25) is 10.0 Å². The fraction of sp³-hybridized carbons (Fsp3) is 0.500. The van der Waals surface area contributed by atoms with Gasteiger partial charge in [0.05, 0.1) is 4.90 Å². The second-order valence-corrected chi connectivity index (χ2v) is 8.36. The monoisotopic (exact) mass is 339 g/mol. The van der Waals surface area contributed by atoms with Gasteiger partial charge in [-0.25, -0.2) is 21.2 Å². The highest BCUT2D eigenvalue weighted by atomic mass is 32.2. The minimum atomic E-state index is -4.15. The average molecular weight is 339 g/mol. The first-order valence-electron chi connectivity index (χ1n) is 6.25. The third kappa shape index (κ3) is 4.22. The van der Waals surface area contributed by atoms with Crippen molar-refractivity contribution in [3.05, 3.63) is 24.0 Å². The third-order valence-electron chi connectivity index (χ3n) is 2.87. The molecule has 0 aliphatic heterocycles. The molecule has 0 saturated heterocycles. The first-order valence-corrected chi connectivity index (χ1v) is 9.58. The van der Waals surface area contributed by atoms with Crippen molar-refractivity contribution < 1.29 is 26.3 Å². The predicted octanol–water partition coefficient (Wildman–Crippen LogP) is 0.622. The van der Waals surface area contributed by atoms with Crippen molar-refractivity contribution in [2.24, 2.45) is 0 Å². The van der Waals surface area contributed by atoms with Crippen LogP contribution in [0.25, 0.3) is 0 Å². The van der Waals surface area contributed by atoms with Gasteiger partial charge in [-0.15, -0.1) is 0 Å². The average Bonchev–Trinajstić information content (AvgIpc) is 2.38. The topological polar surface area (TPSA) is 91.8 Å². The van der Waals surface area contributed by atoms with Gasteiger partial charge in [-0.2, -0.15) is 4.31 Å². The highest BCUT2D eigenvalue weighted by molar-refractivity contribution is 7.91. The zero-order valence-electron chi connectivity index (χ0n) is 11.8. The van der Waals surface area contributed by atoms with E-state index >= 15 is 0 Å². The Kier molecular flexibility index (Phi) is 5.85. The maximum atomic E-state index is 13.8. The fourth-order valence-electron chi connectivity index (χ4n) is 1.75. The fourth-order valence-corrected chi connectivity index (χ4v) is 4.05. The Balaban J connectivity index is 3.36. The molecule has 0 bridgehead atoms. The van der Waals surface area contributed by atoms with Crippen LogP contribution in [0, 0.1) is 5.82 Å². The zero-order chi connectivity index (χ0) is 16.3. The Morgan fingerprint density at radius 3 is 2.33 bits per heavy atom. The van der Waals surface area contributed by atoms with E-state index in [1.807, 2.05) is 0 Å². The van der Waals surface area contributed by atoms with E-state index in [9.17, 15) is 21.2 Å². The molecule has 6 nitrogen and oxygen atoms in total. The number of sulfone groups is 1. The van der Waals surface area contributed by atoms with Crippen LogP contribution in [0.2, 0.25) is 0 Å². The molecule has 0 aromatic heterocycles. The van der Waals surface area contributed by atoms with Crippen molar-refractivity contribution >= 4 is 19.9 Å². The highest BCUT2D eigenvalue weighted by Crippen LogP contribution is 2.23. The van der Waals surface area contributed by atoms with Gasteiger partial charge in [0.25, 0.3) is 0 Å². The summed E-state index contributed by atoms with van der Waals surface area (Å²) in [5.74, 6) is -1.01. The number of sulfonamides is 1. The highest BCUT2D eigenvalue weighted by Gasteiger charge is 2.27. The summed E-state index contributed by atoms with van der Waals surface area (Å²) in [5, 5.41) is 8.78. The van der Waals surface area contributed by atoms with Gasteiger partial charge in [-0.3, -0.25) is 0 Å². The maximum Gasteiger partial charge on any atom is 0.246 e. The number of benzene rings is 1. The van der Waals surface area contributed by atoms with Crippen LogP contribution < -0.4 is 0 Å². The van der Waals surface area contributed by atoms with Crippen molar-refractivity contribution in [2.75, 3.05) is 26.0 Å². The van der Waals surface area contributed by atoms with E-state index in [2.05, 4.69) is 0 Å². The van der Waals surface area contributed by atoms with E-state index in [-0.39, 0.29) is 31.0 Å². The Labute approximate surface area is 124 Å². The molecule has 0 heterocycles. The van der Waals surface area contributed by atoms with Gasteiger partial charge in [0.15, 0.2) is 9.84 Å². The lowest BCUT2D eigenvalue weighted by Crippen LogP contribution is -2.33. The number of aliphatic hydroxyl groups excluding tert-OH is 1. The maximum absolute atomic E-state index is 13.8. The van der Waals surface area contributed by atoms with Crippen molar-refractivity contribution in [2.45, 2.75) is 23.1 Å². The van der Waals surface area contributed by atoms with Gasteiger partial charge < -0.3 is 5.11 Å². The van der Waals surface area contributed by atoms with Crippen molar-refractivity contribution in [1.29, 1.82) is 0 Å². The lowest BCUT2D eigenvalue weighted by atomic mass is 10.3. The van der Waals surface area contributed by atoms with E-state index < -0.39 is 30.6 Å². The van der Waals surface area contributed by atoms with Gasteiger partial charge in [-0.1, -0.05) is 6.92 Å². The molecule has 0 aliphatic rings. The Morgan fingerprint density at radius 1 is 1.24 bits per heavy atom. The van der Waals surface area contributed by atoms with Gasteiger partial charge >= 0.3 is 0 Å². The van der Waals surface area contributed by atoms with Gasteiger partial charge in [-0.05, 0) is 24.6 Å². The SMILES string of the molecule is CCN(CCCO)S(=O)(=O)c1cc(S(C)(=O)=O)ccc1F. The molecule has 0 saturated carbocycles. The summed E-state index contributed by atoms with van der Waals surface area (Å²) in [6, 6.07) is 2.67. The predicted molar refractivity (Wildman–Crippen MR) is 75.6 cm³/mol. The summed E-state index contributed by atoms with van der Waals surface area (Å²) in [4.78, 5) is -0.939. The Bertz CT molecular complexity index is 700. The lowest BCUT2D eigenvalue weighted by molar-refractivity contribution is 0.271. The summed E-state index contributed by atoms with van der Waals surface area (Å²) >= 11 is 0. The molecule has 1 aromatic carbocycles. The van der Waals surface area contributed by atoms with Crippen molar-refractivity contribution in [3.63, 3.8) is 0 Å². The summed E-state index contributed by atoms with van der Waals surface area (Å²) in [6.45, 7) is 1.49. The molecule has 0 spiro atoms. The second kappa shape index (κ2) is 6.82. The molecule has 0 aliphatic carbocycles. The van der Waals surface area contributed by atoms with Gasteiger partial charge in [0, 0.05) is 26.0 Å². The first kappa shape index (κ1) is 18.0. The van der Waals surface area contributed by atoms with Crippen LogP contribution in [-0.4, -0.2) is 52.2 Å². The van der Waals surface area contributed by atoms with E-state index in [4.69, 9.17) is 5.11 Å².